The first-order valence-corrected chi connectivity index (χ1v) is 6.95. The fraction of sp³-hybridized carbons (Fsp3) is 0.467. The zero-order valence-corrected chi connectivity index (χ0v) is 11.7. The maximum atomic E-state index is 5.62. The van der Waals surface area contributed by atoms with Crippen molar-refractivity contribution < 1.29 is 9.47 Å². The molecule has 0 saturated carbocycles. The number of ether oxygens (including phenoxy) is 2. The lowest BCUT2D eigenvalue weighted by Gasteiger charge is -2.23. The van der Waals surface area contributed by atoms with Gasteiger partial charge < -0.3 is 19.8 Å². The normalized spacial score (nSPS) is 19.2. The van der Waals surface area contributed by atoms with Crippen molar-refractivity contribution in [2.24, 2.45) is 0 Å². The van der Waals surface area contributed by atoms with Gasteiger partial charge in [-0.3, -0.25) is 0 Å². The second-order valence-corrected chi connectivity index (χ2v) is 4.72. The molecule has 19 heavy (non-hydrogen) atoms. The lowest BCUT2D eigenvalue weighted by atomic mass is 9.88. The summed E-state index contributed by atoms with van der Waals surface area (Å²) >= 11 is 0. The highest BCUT2D eigenvalue weighted by molar-refractivity contribution is 5.92. The molecule has 0 radical (unpaired) electrons. The Bertz CT molecular complexity index is 604. The molecule has 1 aliphatic carbocycles. The molecule has 1 aromatic carbocycles. The van der Waals surface area contributed by atoms with Crippen LogP contribution in [-0.4, -0.2) is 24.9 Å². The number of fused-ring (bicyclic) bond motifs is 2. The number of rotatable bonds is 1. The summed E-state index contributed by atoms with van der Waals surface area (Å²) in [7, 11) is 2.01. The Labute approximate surface area is 113 Å². The molecule has 0 fully saturated rings. The molecule has 4 rings (SSSR count). The van der Waals surface area contributed by atoms with Gasteiger partial charge in [-0.1, -0.05) is 13.8 Å². The van der Waals surface area contributed by atoms with E-state index in [1.807, 2.05) is 27.0 Å². The number of hydrogen-bond donors (Lipinski definition) is 2. The van der Waals surface area contributed by atoms with E-state index < -0.39 is 0 Å². The lowest BCUT2D eigenvalue weighted by molar-refractivity contribution is 0.173. The van der Waals surface area contributed by atoms with Crippen molar-refractivity contribution in [2.75, 3.05) is 13.8 Å². The summed E-state index contributed by atoms with van der Waals surface area (Å²) in [6.45, 7) is 4.34. The van der Waals surface area contributed by atoms with Crippen LogP contribution in [0.1, 0.15) is 25.0 Å². The van der Waals surface area contributed by atoms with Gasteiger partial charge in [0.25, 0.3) is 0 Å². The molecular weight excluding hydrogens is 240 g/mol. The van der Waals surface area contributed by atoms with Crippen LogP contribution in [0.2, 0.25) is 0 Å². The first kappa shape index (κ1) is 12.4. The van der Waals surface area contributed by atoms with Crippen molar-refractivity contribution in [3.63, 3.8) is 0 Å². The zero-order chi connectivity index (χ0) is 13.4. The Hall–Kier alpha value is -1.68. The van der Waals surface area contributed by atoms with Gasteiger partial charge in [0, 0.05) is 34.8 Å². The largest absolute Gasteiger partial charge is 0.454 e. The number of benzene rings is 1. The highest BCUT2D eigenvalue weighted by Crippen LogP contribution is 2.44. The third kappa shape index (κ3) is 1.78. The second-order valence-electron chi connectivity index (χ2n) is 4.72. The molecule has 2 N–H and O–H groups in total. The lowest BCUT2D eigenvalue weighted by Crippen LogP contribution is -2.32. The minimum Gasteiger partial charge on any atom is -0.454 e. The van der Waals surface area contributed by atoms with Crippen LogP contribution in [0.3, 0.4) is 0 Å². The van der Waals surface area contributed by atoms with Gasteiger partial charge in [0.15, 0.2) is 11.5 Å². The van der Waals surface area contributed by atoms with Crippen LogP contribution in [0.5, 0.6) is 11.5 Å². The third-order valence-corrected chi connectivity index (χ3v) is 3.81. The fourth-order valence-electron chi connectivity index (χ4n) is 2.97. The van der Waals surface area contributed by atoms with Gasteiger partial charge in [-0.25, -0.2) is 0 Å². The summed E-state index contributed by atoms with van der Waals surface area (Å²) in [6.07, 6.45) is 4.18. The summed E-state index contributed by atoms with van der Waals surface area (Å²) < 4.78 is 11.1. The molecule has 4 nitrogen and oxygen atoms in total. The monoisotopic (exact) mass is 260 g/mol. The topological polar surface area (TPSA) is 46.3 Å². The van der Waals surface area contributed by atoms with Gasteiger partial charge in [-0.15, -0.1) is 0 Å². The minimum atomic E-state index is 0.342. The van der Waals surface area contributed by atoms with E-state index in [9.17, 15) is 0 Å². The van der Waals surface area contributed by atoms with Crippen molar-refractivity contribution in [1.82, 2.24) is 10.3 Å². The smallest absolute Gasteiger partial charge is 0.231 e. The standard InChI is InChI=1S/C13H14N2O2.C2H6/c1-14-8-2-7-5-15-10-4-11-13(17-6-16-11)9(3-8)12(7)10;1-2/h4-5,8,14-15H,2-3,6H2,1H3;1-2H3. The molecule has 0 bridgehead atoms. The average molecular weight is 260 g/mol. The number of nitrogens with one attached hydrogen (secondary N) is 2. The summed E-state index contributed by atoms with van der Waals surface area (Å²) in [4.78, 5) is 3.33. The van der Waals surface area contributed by atoms with Gasteiger partial charge in [0.05, 0.1) is 0 Å². The quantitative estimate of drug-likeness (QED) is 0.828. The molecule has 2 aliphatic rings. The number of H-pyrrole nitrogens is 1. The van der Waals surface area contributed by atoms with Crippen LogP contribution >= 0.6 is 0 Å². The molecule has 102 valence electrons. The summed E-state index contributed by atoms with van der Waals surface area (Å²) in [5.41, 5.74) is 3.82. The van der Waals surface area contributed by atoms with E-state index in [-0.39, 0.29) is 0 Å². The van der Waals surface area contributed by atoms with E-state index in [1.165, 1.54) is 16.5 Å². The number of likely N-dealkylation sites (N-methyl/N-ethyl adjacent to an activating group) is 1. The Morgan fingerprint density at radius 3 is 2.89 bits per heavy atom. The van der Waals surface area contributed by atoms with Crippen LogP contribution in [-0.2, 0) is 12.8 Å². The van der Waals surface area contributed by atoms with Crippen LogP contribution in [0, 0.1) is 0 Å². The highest BCUT2D eigenvalue weighted by Gasteiger charge is 2.28. The van der Waals surface area contributed by atoms with Crippen molar-refractivity contribution in [2.45, 2.75) is 32.7 Å². The van der Waals surface area contributed by atoms with Crippen molar-refractivity contribution >= 4 is 10.9 Å². The first-order valence-electron chi connectivity index (χ1n) is 6.95. The van der Waals surface area contributed by atoms with Crippen molar-refractivity contribution in [3.8, 4) is 11.5 Å². The minimum absolute atomic E-state index is 0.342. The highest BCUT2D eigenvalue weighted by atomic mass is 16.7. The molecule has 1 atom stereocenters. The van der Waals surface area contributed by atoms with Crippen LogP contribution in [0.15, 0.2) is 12.3 Å². The number of hydrogen-bond acceptors (Lipinski definition) is 3. The average Bonchev–Trinajstić information content (AvgIpc) is 3.09. The molecule has 0 spiro atoms. The SMILES string of the molecule is CC.CNC1Cc2c[nH]c3cc4c(c(c23)C1)OCO4. The molecule has 1 aliphatic heterocycles. The van der Waals surface area contributed by atoms with Crippen LogP contribution in [0.4, 0.5) is 0 Å². The molecule has 1 aromatic heterocycles. The zero-order valence-electron chi connectivity index (χ0n) is 11.7. The Balaban J connectivity index is 0.000000528. The van der Waals surface area contributed by atoms with Gasteiger partial charge in [0.1, 0.15) is 0 Å². The first-order chi connectivity index (χ1) is 9.36. The van der Waals surface area contributed by atoms with E-state index in [2.05, 4.69) is 16.5 Å². The number of aromatic nitrogens is 1. The third-order valence-electron chi connectivity index (χ3n) is 3.81. The molecular formula is C15H20N2O2. The Kier molecular flexibility index (Phi) is 3.11. The molecule has 0 saturated heterocycles. The van der Waals surface area contributed by atoms with E-state index in [1.54, 1.807) is 0 Å². The van der Waals surface area contributed by atoms with Crippen LogP contribution < -0.4 is 14.8 Å². The van der Waals surface area contributed by atoms with E-state index >= 15 is 0 Å². The molecule has 2 heterocycles. The van der Waals surface area contributed by atoms with E-state index in [0.717, 1.165) is 29.9 Å². The van der Waals surface area contributed by atoms with Gasteiger partial charge in [-0.05, 0) is 25.5 Å². The van der Waals surface area contributed by atoms with E-state index in [4.69, 9.17) is 9.47 Å². The van der Waals surface area contributed by atoms with Gasteiger partial charge in [0.2, 0.25) is 6.79 Å². The molecule has 0 amide bonds. The van der Waals surface area contributed by atoms with Crippen molar-refractivity contribution in [3.05, 3.63) is 23.4 Å². The predicted octanol–water partition coefficient (Wildman–Crippen LogP) is 2.61. The van der Waals surface area contributed by atoms with Gasteiger partial charge in [-0.2, -0.15) is 0 Å². The van der Waals surface area contributed by atoms with Crippen molar-refractivity contribution in [1.29, 1.82) is 0 Å². The Morgan fingerprint density at radius 2 is 2.11 bits per heavy atom. The summed E-state index contributed by atoms with van der Waals surface area (Å²) in [5.74, 6) is 1.82. The van der Waals surface area contributed by atoms with Crippen LogP contribution in [0.25, 0.3) is 10.9 Å². The predicted molar refractivity (Wildman–Crippen MR) is 76.0 cm³/mol. The summed E-state index contributed by atoms with van der Waals surface area (Å²) in [6, 6.07) is 2.53. The maximum absolute atomic E-state index is 5.62. The number of aromatic amines is 1. The van der Waals surface area contributed by atoms with Gasteiger partial charge >= 0.3 is 0 Å². The molecule has 2 aromatic rings. The van der Waals surface area contributed by atoms with E-state index in [0.29, 0.717) is 12.8 Å². The maximum Gasteiger partial charge on any atom is 0.231 e. The molecule has 1 unspecified atom stereocenters. The summed E-state index contributed by atoms with van der Waals surface area (Å²) in [5, 5.41) is 4.69. The Morgan fingerprint density at radius 1 is 1.26 bits per heavy atom. The fourth-order valence-corrected chi connectivity index (χ4v) is 2.97. The molecule has 4 heteroatoms. The second kappa shape index (κ2) is 4.78.